The fraction of sp³-hybridized carbons (Fsp3) is 0.364. The Morgan fingerprint density at radius 3 is 2.81 bits per heavy atom. The van der Waals surface area contributed by atoms with E-state index < -0.39 is 0 Å². The number of rotatable bonds is 2. The summed E-state index contributed by atoms with van der Waals surface area (Å²) in [7, 11) is 0. The van der Waals surface area contributed by atoms with Crippen LogP contribution in [0.4, 0.5) is 5.95 Å². The van der Waals surface area contributed by atoms with Crippen LogP contribution in [-0.2, 0) is 0 Å². The average molecular weight is 215 g/mol. The minimum Gasteiger partial charge on any atom is -0.351 e. The Morgan fingerprint density at radius 1 is 1.44 bits per heavy atom. The smallest absolute Gasteiger partial charge is 0.243 e. The monoisotopic (exact) mass is 215 g/mol. The molecule has 0 saturated heterocycles. The van der Waals surface area contributed by atoms with Crippen molar-refractivity contribution in [3.8, 4) is 6.07 Å². The molecule has 1 N–H and O–H groups in total. The van der Waals surface area contributed by atoms with Crippen LogP contribution in [0.15, 0.2) is 12.1 Å². The minimum absolute atomic E-state index is 0.267. The molecule has 0 spiro atoms. The molecular formula is C11H13N5. The lowest BCUT2D eigenvalue weighted by Crippen LogP contribution is -2.10. The number of hydrogen-bond acceptors (Lipinski definition) is 4. The summed E-state index contributed by atoms with van der Waals surface area (Å²) in [4.78, 5) is 4.30. The Hall–Kier alpha value is -2.09. The maximum absolute atomic E-state index is 8.97. The van der Waals surface area contributed by atoms with Crippen LogP contribution in [0, 0.1) is 18.3 Å². The molecule has 5 heteroatoms. The lowest BCUT2D eigenvalue weighted by Gasteiger charge is -2.02. The van der Waals surface area contributed by atoms with E-state index in [4.69, 9.17) is 5.26 Å². The molecule has 2 rings (SSSR count). The van der Waals surface area contributed by atoms with Gasteiger partial charge in [0.15, 0.2) is 5.65 Å². The van der Waals surface area contributed by atoms with Crippen molar-refractivity contribution in [2.75, 3.05) is 5.32 Å². The number of fused-ring (bicyclic) bond motifs is 1. The first kappa shape index (κ1) is 10.4. The zero-order chi connectivity index (χ0) is 11.7. The molecule has 2 aromatic heterocycles. The zero-order valence-electron chi connectivity index (χ0n) is 9.52. The molecule has 0 aliphatic carbocycles. The fourth-order valence-electron chi connectivity index (χ4n) is 1.49. The van der Waals surface area contributed by atoms with Gasteiger partial charge in [-0.1, -0.05) is 0 Å². The number of aryl methyl sites for hydroxylation is 1. The van der Waals surface area contributed by atoms with E-state index in [1.165, 1.54) is 0 Å². The van der Waals surface area contributed by atoms with Crippen molar-refractivity contribution in [2.45, 2.75) is 26.8 Å². The zero-order valence-corrected chi connectivity index (χ0v) is 9.52. The molecule has 0 unspecified atom stereocenters. The second-order valence-corrected chi connectivity index (χ2v) is 3.97. The molecule has 16 heavy (non-hydrogen) atoms. The summed E-state index contributed by atoms with van der Waals surface area (Å²) >= 11 is 0. The van der Waals surface area contributed by atoms with Crippen molar-refractivity contribution in [1.29, 1.82) is 5.26 Å². The molecule has 0 aromatic carbocycles. The predicted molar refractivity (Wildman–Crippen MR) is 61.2 cm³/mol. The summed E-state index contributed by atoms with van der Waals surface area (Å²) in [5.41, 5.74) is 2.10. The number of anilines is 1. The molecule has 0 bridgehead atoms. The number of nitriles is 1. The molecule has 0 aliphatic rings. The van der Waals surface area contributed by atoms with Gasteiger partial charge < -0.3 is 5.32 Å². The lowest BCUT2D eigenvalue weighted by atomic mass is 10.2. The highest BCUT2D eigenvalue weighted by atomic mass is 15.4. The van der Waals surface area contributed by atoms with Gasteiger partial charge in [0.1, 0.15) is 6.07 Å². The van der Waals surface area contributed by atoms with E-state index in [0.717, 1.165) is 5.69 Å². The highest BCUT2D eigenvalue weighted by Gasteiger charge is 2.09. The third-order valence-electron chi connectivity index (χ3n) is 2.21. The predicted octanol–water partition coefficient (Wildman–Crippen LogP) is 1.73. The maximum atomic E-state index is 8.97. The number of nitrogens with one attached hydrogen (secondary N) is 1. The standard InChI is InChI=1S/C11H13N5/c1-7(2)13-11-14-10-9(6-12)5-4-8(3)16(10)15-11/h4-5,7H,1-3H3,(H,13,15). The highest BCUT2D eigenvalue weighted by Crippen LogP contribution is 2.13. The van der Waals surface area contributed by atoms with Crippen molar-refractivity contribution in [1.82, 2.24) is 14.6 Å². The van der Waals surface area contributed by atoms with Crippen molar-refractivity contribution < 1.29 is 0 Å². The quantitative estimate of drug-likeness (QED) is 0.828. The van der Waals surface area contributed by atoms with Crippen LogP contribution in [0.5, 0.6) is 0 Å². The molecule has 0 fully saturated rings. The molecule has 0 amide bonds. The van der Waals surface area contributed by atoms with Crippen LogP contribution in [0.1, 0.15) is 25.1 Å². The Kier molecular flexibility index (Phi) is 2.49. The first-order valence-electron chi connectivity index (χ1n) is 5.15. The highest BCUT2D eigenvalue weighted by molar-refractivity contribution is 5.57. The number of pyridine rings is 1. The van der Waals surface area contributed by atoms with Gasteiger partial charge in [-0.25, -0.2) is 4.52 Å². The molecule has 0 saturated carbocycles. The lowest BCUT2D eigenvalue weighted by molar-refractivity contribution is 0.856. The second-order valence-electron chi connectivity index (χ2n) is 3.97. The van der Waals surface area contributed by atoms with Gasteiger partial charge >= 0.3 is 0 Å². The van der Waals surface area contributed by atoms with Gasteiger partial charge in [0.2, 0.25) is 5.95 Å². The Balaban J connectivity index is 2.60. The van der Waals surface area contributed by atoms with E-state index in [-0.39, 0.29) is 6.04 Å². The summed E-state index contributed by atoms with van der Waals surface area (Å²) in [6, 6.07) is 6.00. The second kappa shape index (κ2) is 3.81. The topological polar surface area (TPSA) is 66.0 Å². The van der Waals surface area contributed by atoms with E-state index >= 15 is 0 Å². The fourth-order valence-corrected chi connectivity index (χ4v) is 1.49. The molecular weight excluding hydrogens is 202 g/mol. The molecule has 2 heterocycles. The Morgan fingerprint density at radius 2 is 2.19 bits per heavy atom. The van der Waals surface area contributed by atoms with E-state index in [9.17, 15) is 0 Å². The van der Waals surface area contributed by atoms with Crippen molar-refractivity contribution in [3.05, 3.63) is 23.4 Å². The largest absolute Gasteiger partial charge is 0.351 e. The number of nitrogens with zero attached hydrogens (tertiary/aromatic N) is 4. The first-order valence-corrected chi connectivity index (χ1v) is 5.15. The van der Waals surface area contributed by atoms with E-state index in [0.29, 0.717) is 17.2 Å². The minimum atomic E-state index is 0.267. The summed E-state index contributed by atoms with van der Waals surface area (Å²) in [6.07, 6.45) is 0. The number of hydrogen-bond donors (Lipinski definition) is 1. The summed E-state index contributed by atoms with van der Waals surface area (Å²) < 4.78 is 1.68. The van der Waals surface area contributed by atoms with Crippen LogP contribution < -0.4 is 5.32 Å². The third kappa shape index (κ3) is 1.70. The third-order valence-corrected chi connectivity index (χ3v) is 2.21. The van der Waals surface area contributed by atoms with Crippen molar-refractivity contribution >= 4 is 11.6 Å². The van der Waals surface area contributed by atoms with Gasteiger partial charge in [0, 0.05) is 11.7 Å². The van der Waals surface area contributed by atoms with Gasteiger partial charge in [-0.15, -0.1) is 5.10 Å². The summed E-state index contributed by atoms with van der Waals surface area (Å²) in [6.45, 7) is 5.97. The van der Waals surface area contributed by atoms with Gasteiger partial charge in [0.05, 0.1) is 5.56 Å². The van der Waals surface area contributed by atoms with Crippen LogP contribution in [-0.4, -0.2) is 20.6 Å². The molecule has 5 nitrogen and oxygen atoms in total. The molecule has 82 valence electrons. The first-order chi connectivity index (χ1) is 7.61. The van der Waals surface area contributed by atoms with E-state index in [1.54, 1.807) is 10.6 Å². The van der Waals surface area contributed by atoms with Crippen molar-refractivity contribution in [2.24, 2.45) is 0 Å². The Bertz CT molecular complexity index is 561. The van der Waals surface area contributed by atoms with E-state index in [1.807, 2.05) is 26.8 Å². The molecule has 0 atom stereocenters. The van der Waals surface area contributed by atoms with Crippen LogP contribution >= 0.6 is 0 Å². The number of aromatic nitrogens is 3. The SMILES string of the molecule is Cc1ccc(C#N)c2nc(NC(C)C)nn12. The van der Waals surface area contributed by atoms with Crippen LogP contribution in [0.3, 0.4) is 0 Å². The normalized spacial score (nSPS) is 10.7. The van der Waals surface area contributed by atoms with Crippen LogP contribution in [0.2, 0.25) is 0 Å². The molecule has 0 radical (unpaired) electrons. The molecule has 2 aromatic rings. The van der Waals surface area contributed by atoms with Gasteiger partial charge in [-0.3, -0.25) is 0 Å². The molecule has 0 aliphatic heterocycles. The summed E-state index contributed by atoms with van der Waals surface area (Å²) in [5.74, 6) is 0.556. The van der Waals surface area contributed by atoms with Gasteiger partial charge in [-0.05, 0) is 32.9 Å². The summed E-state index contributed by atoms with van der Waals surface area (Å²) in [5, 5.41) is 16.4. The van der Waals surface area contributed by atoms with Crippen molar-refractivity contribution in [3.63, 3.8) is 0 Å². The average Bonchev–Trinajstić information content (AvgIpc) is 2.62. The Labute approximate surface area is 93.7 Å². The van der Waals surface area contributed by atoms with Crippen LogP contribution in [0.25, 0.3) is 5.65 Å². The van der Waals surface area contributed by atoms with Gasteiger partial charge in [0.25, 0.3) is 0 Å². The maximum Gasteiger partial charge on any atom is 0.243 e. The van der Waals surface area contributed by atoms with Gasteiger partial charge in [-0.2, -0.15) is 10.2 Å². The van der Waals surface area contributed by atoms with E-state index in [2.05, 4.69) is 21.5 Å².